The Labute approximate surface area is 134 Å². The summed E-state index contributed by atoms with van der Waals surface area (Å²) in [6.07, 6.45) is 0.785. The van der Waals surface area contributed by atoms with Crippen molar-refractivity contribution in [1.82, 2.24) is 4.90 Å². The van der Waals surface area contributed by atoms with Crippen molar-refractivity contribution >= 4 is 37.8 Å². The number of aliphatic carboxylic acids is 1. The second kappa shape index (κ2) is 5.94. The highest BCUT2D eigenvalue weighted by Gasteiger charge is 2.36. The number of sulfonamides is 1. The maximum absolute atomic E-state index is 13.6. The van der Waals surface area contributed by atoms with Crippen LogP contribution in [0.15, 0.2) is 21.5 Å². The Morgan fingerprint density at radius 3 is 2.59 bits per heavy atom. The number of rotatable bonds is 3. The van der Waals surface area contributed by atoms with E-state index in [9.17, 15) is 22.4 Å². The number of benzene rings is 1. The van der Waals surface area contributed by atoms with Gasteiger partial charge in [-0.2, -0.15) is 0 Å². The van der Waals surface area contributed by atoms with Crippen molar-refractivity contribution in [3.8, 4) is 0 Å². The first-order valence-corrected chi connectivity index (χ1v) is 8.52. The Bertz CT molecular complexity index is 752. The number of hydrogen-bond acceptors (Lipinski definition) is 4. The lowest BCUT2D eigenvalue weighted by Crippen LogP contribution is -2.40. The molecule has 22 heavy (non-hydrogen) atoms. The van der Waals surface area contributed by atoms with Crippen LogP contribution in [0.25, 0.3) is 0 Å². The van der Waals surface area contributed by atoms with Gasteiger partial charge in [0.1, 0.15) is 11.9 Å². The van der Waals surface area contributed by atoms with Crippen LogP contribution in [0.2, 0.25) is 0 Å². The molecule has 1 aliphatic heterocycles. The molecule has 1 unspecified atom stereocenters. The third kappa shape index (κ3) is 3.13. The number of hydrogen-bond donors (Lipinski definition) is 2. The Balaban J connectivity index is 2.51. The first kappa shape index (κ1) is 16.8. The smallest absolute Gasteiger partial charge is 0.326 e. The minimum Gasteiger partial charge on any atom is -0.480 e. The van der Waals surface area contributed by atoms with Gasteiger partial charge in [0, 0.05) is 6.54 Å². The summed E-state index contributed by atoms with van der Waals surface area (Å²) in [5.41, 5.74) is -0.280. The number of likely N-dealkylation sites (tertiary alicyclic amines) is 1. The average Bonchev–Trinajstić information content (AvgIpc) is 2.88. The summed E-state index contributed by atoms with van der Waals surface area (Å²) in [6.45, 7) is 0.198. The molecule has 2 rings (SSSR count). The third-order valence-corrected chi connectivity index (χ3v) is 5.39. The molecule has 0 aliphatic carbocycles. The summed E-state index contributed by atoms with van der Waals surface area (Å²) in [4.78, 5) is 24.1. The predicted octanol–water partition coefficient (Wildman–Crippen LogP) is 0.925. The second-order valence-electron chi connectivity index (χ2n) is 4.81. The van der Waals surface area contributed by atoms with Crippen LogP contribution in [0, 0.1) is 5.82 Å². The molecular formula is C12H12BrFN2O5S. The number of nitrogens with two attached hydrogens (primary N) is 1. The van der Waals surface area contributed by atoms with Gasteiger partial charge >= 0.3 is 5.97 Å². The van der Waals surface area contributed by atoms with Gasteiger partial charge in [0.2, 0.25) is 10.0 Å². The maximum Gasteiger partial charge on any atom is 0.326 e. The molecule has 3 N–H and O–H groups in total. The van der Waals surface area contributed by atoms with E-state index in [0.717, 1.165) is 11.0 Å². The Morgan fingerprint density at radius 2 is 2.05 bits per heavy atom. The van der Waals surface area contributed by atoms with Gasteiger partial charge in [0.15, 0.2) is 0 Å². The molecule has 0 bridgehead atoms. The van der Waals surface area contributed by atoms with Gasteiger partial charge in [-0.3, -0.25) is 4.79 Å². The van der Waals surface area contributed by atoms with E-state index in [4.69, 9.17) is 10.2 Å². The van der Waals surface area contributed by atoms with Crippen molar-refractivity contribution in [3.05, 3.63) is 28.0 Å². The molecule has 0 spiro atoms. The first-order chi connectivity index (χ1) is 10.1. The Kier molecular flexibility index (Phi) is 4.54. The van der Waals surface area contributed by atoms with Crippen molar-refractivity contribution in [2.45, 2.75) is 23.8 Å². The van der Waals surface area contributed by atoms with E-state index in [1.807, 2.05) is 0 Å². The van der Waals surface area contributed by atoms with Crippen LogP contribution in [0.5, 0.6) is 0 Å². The van der Waals surface area contributed by atoms with E-state index < -0.39 is 38.7 Å². The number of carbonyl (C=O) groups excluding carboxylic acids is 1. The van der Waals surface area contributed by atoms with Crippen LogP contribution in [0.1, 0.15) is 23.2 Å². The van der Waals surface area contributed by atoms with Gasteiger partial charge in [0.25, 0.3) is 5.91 Å². The molecule has 7 nitrogen and oxygen atoms in total. The standard InChI is InChI=1S/C12H12BrFN2O5S/c13-10-7(4-6(14)5-9(10)22(15,20)21)11(17)16-3-1-2-8(16)12(18)19/h4-5,8H,1-3H2,(H,18,19)(H2,15,20,21). The van der Waals surface area contributed by atoms with Crippen molar-refractivity contribution < 1.29 is 27.5 Å². The number of halogens is 2. The predicted molar refractivity (Wildman–Crippen MR) is 77.2 cm³/mol. The van der Waals surface area contributed by atoms with Crippen molar-refractivity contribution in [1.29, 1.82) is 0 Å². The van der Waals surface area contributed by atoms with Crippen LogP contribution < -0.4 is 5.14 Å². The molecule has 1 atom stereocenters. The highest BCUT2D eigenvalue weighted by molar-refractivity contribution is 9.10. The van der Waals surface area contributed by atoms with Gasteiger partial charge < -0.3 is 10.0 Å². The van der Waals surface area contributed by atoms with Gasteiger partial charge in [-0.05, 0) is 40.9 Å². The van der Waals surface area contributed by atoms with Crippen LogP contribution in [0.3, 0.4) is 0 Å². The molecule has 1 aliphatic rings. The van der Waals surface area contributed by atoms with Gasteiger partial charge in [-0.1, -0.05) is 0 Å². The topological polar surface area (TPSA) is 118 Å². The van der Waals surface area contributed by atoms with E-state index >= 15 is 0 Å². The van der Waals surface area contributed by atoms with Gasteiger partial charge in [-0.25, -0.2) is 22.7 Å². The van der Waals surface area contributed by atoms with E-state index in [2.05, 4.69) is 15.9 Å². The molecule has 1 heterocycles. The fourth-order valence-corrected chi connectivity index (χ4v) is 4.06. The van der Waals surface area contributed by atoms with E-state index in [-0.39, 0.29) is 23.0 Å². The number of carboxylic acids is 1. The molecule has 120 valence electrons. The number of nitrogens with zero attached hydrogens (tertiary/aromatic N) is 1. The summed E-state index contributed by atoms with van der Waals surface area (Å²) in [6, 6.07) is 0.522. The Morgan fingerprint density at radius 1 is 1.41 bits per heavy atom. The minimum atomic E-state index is -4.24. The van der Waals surface area contributed by atoms with Crippen molar-refractivity contribution in [2.24, 2.45) is 5.14 Å². The number of amides is 1. The zero-order valence-corrected chi connectivity index (χ0v) is 13.5. The van der Waals surface area contributed by atoms with Crippen LogP contribution in [0.4, 0.5) is 4.39 Å². The molecular weight excluding hydrogens is 383 g/mol. The van der Waals surface area contributed by atoms with Crippen molar-refractivity contribution in [3.63, 3.8) is 0 Å². The van der Waals surface area contributed by atoms with E-state index in [1.54, 1.807) is 0 Å². The van der Waals surface area contributed by atoms with Gasteiger partial charge in [0.05, 0.1) is 14.9 Å². The molecule has 1 fully saturated rings. The molecule has 1 aromatic carbocycles. The molecule has 0 saturated carbocycles. The Hall–Kier alpha value is -1.52. The highest BCUT2D eigenvalue weighted by atomic mass is 79.9. The summed E-state index contributed by atoms with van der Waals surface area (Å²) in [7, 11) is -4.24. The zero-order valence-electron chi connectivity index (χ0n) is 11.1. The summed E-state index contributed by atoms with van der Waals surface area (Å²) in [5, 5.41) is 14.1. The minimum absolute atomic E-state index is 0.183. The van der Waals surface area contributed by atoms with E-state index in [1.165, 1.54) is 0 Å². The molecule has 0 radical (unpaired) electrons. The first-order valence-electron chi connectivity index (χ1n) is 6.18. The molecule has 1 aromatic rings. The lowest BCUT2D eigenvalue weighted by atomic mass is 10.1. The van der Waals surface area contributed by atoms with Gasteiger partial charge in [-0.15, -0.1) is 0 Å². The second-order valence-corrected chi connectivity index (χ2v) is 7.13. The molecule has 10 heteroatoms. The largest absolute Gasteiger partial charge is 0.480 e. The molecule has 1 amide bonds. The van der Waals surface area contributed by atoms with Crippen LogP contribution in [-0.2, 0) is 14.8 Å². The molecule has 0 aromatic heterocycles. The SMILES string of the molecule is NS(=O)(=O)c1cc(F)cc(C(=O)N2CCCC2C(=O)O)c1Br. The summed E-state index contributed by atoms with van der Waals surface area (Å²) in [5.74, 6) is -2.88. The monoisotopic (exact) mass is 394 g/mol. The van der Waals surface area contributed by atoms with E-state index in [0.29, 0.717) is 12.5 Å². The number of primary sulfonamides is 1. The lowest BCUT2D eigenvalue weighted by Gasteiger charge is -2.22. The molecule has 1 saturated heterocycles. The number of carbonyl (C=O) groups is 2. The maximum atomic E-state index is 13.6. The third-order valence-electron chi connectivity index (χ3n) is 3.34. The average molecular weight is 395 g/mol. The number of carboxylic acid groups (broad SMARTS) is 1. The highest BCUT2D eigenvalue weighted by Crippen LogP contribution is 2.29. The van der Waals surface area contributed by atoms with Crippen LogP contribution in [-0.4, -0.2) is 42.9 Å². The lowest BCUT2D eigenvalue weighted by molar-refractivity contribution is -0.141. The van der Waals surface area contributed by atoms with Crippen molar-refractivity contribution in [2.75, 3.05) is 6.54 Å². The normalized spacial score (nSPS) is 18.5. The quantitative estimate of drug-likeness (QED) is 0.790. The summed E-state index contributed by atoms with van der Waals surface area (Å²) >= 11 is 2.94. The summed E-state index contributed by atoms with van der Waals surface area (Å²) < 4.78 is 36.3. The van der Waals surface area contributed by atoms with Crippen LogP contribution >= 0.6 is 15.9 Å². The fourth-order valence-electron chi connectivity index (χ4n) is 2.35. The zero-order chi connectivity index (χ0) is 16.7. The fraction of sp³-hybridized carbons (Fsp3) is 0.333.